The third-order valence-corrected chi connectivity index (χ3v) is 2.82. The molecule has 2 rings (SSSR count). The van der Waals surface area contributed by atoms with Gasteiger partial charge in [-0.3, -0.25) is 4.79 Å². The predicted molar refractivity (Wildman–Crippen MR) is 72.4 cm³/mol. The molecule has 0 atom stereocenters. The molecule has 0 saturated heterocycles. The van der Waals surface area contributed by atoms with Crippen molar-refractivity contribution in [2.45, 2.75) is 13.1 Å². The second kappa shape index (κ2) is 5.47. The molecule has 0 bridgehead atoms. The van der Waals surface area contributed by atoms with Gasteiger partial charge in [0.05, 0.1) is 5.56 Å². The minimum atomic E-state index is -4.39. The van der Waals surface area contributed by atoms with Crippen molar-refractivity contribution in [3.63, 3.8) is 0 Å². The number of carbonyl (C=O) groups is 1. The first-order valence-electron chi connectivity index (χ1n) is 6.03. The first-order valence-corrected chi connectivity index (χ1v) is 6.03. The van der Waals surface area contributed by atoms with Crippen LogP contribution in [0.2, 0.25) is 0 Å². The van der Waals surface area contributed by atoms with Crippen LogP contribution in [0.5, 0.6) is 11.5 Å². The summed E-state index contributed by atoms with van der Waals surface area (Å²) in [6, 6.07) is 8.79. The molecular formula is C15H12F3NO2. The van der Waals surface area contributed by atoms with Gasteiger partial charge in [0.1, 0.15) is 11.5 Å². The minimum absolute atomic E-state index is 0.217. The number of rotatable bonds is 3. The lowest BCUT2D eigenvalue weighted by Gasteiger charge is -2.10. The van der Waals surface area contributed by atoms with Crippen LogP contribution in [0.25, 0.3) is 0 Å². The zero-order valence-electron chi connectivity index (χ0n) is 11.1. The molecule has 21 heavy (non-hydrogen) atoms. The van der Waals surface area contributed by atoms with Gasteiger partial charge in [0.15, 0.2) is 5.78 Å². The quantitative estimate of drug-likeness (QED) is 0.679. The molecule has 6 heteroatoms. The molecular weight excluding hydrogens is 283 g/mol. The molecule has 0 radical (unpaired) electrons. The molecule has 0 aromatic heterocycles. The molecule has 0 saturated carbocycles. The van der Waals surface area contributed by atoms with Crippen LogP contribution in [0.1, 0.15) is 22.8 Å². The van der Waals surface area contributed by atoms with Crippen molar-refractivity contribution in [3.05, 3.63) is 53.6 Å². The first-order chi connectivity index (χ1) is 9.77. The summed E-state index contributed by atoms with van der Waals surface area (Å²) in [5.74, 6) is 0.349. The molecule has 0 heterocycles. The number of ketones is 1. The Bertz CT molecular complexity index is 664. The molecule has 0 fully saturated rings. The fourth-order valence-corrected chi connectivity index (χ4v) is 1.75. The predicted octanol–water partition coefficient (Wildman–Crippen LogP) is 4.28. The summed E-state index contributed by atoms with van der Waals surface area (Å²) in [7, 11) is 0. The SMILES string of the molecule is CC(=O)c1cc(Oc2ccc(C(F)(F)F)cc2)ccc1N. The van der Waals surface area contributed by atoms with Crippen LogP contribution < -0.4 is 10.5 Å². The highest BCUT2D eigenvalue weighted by Gasteiger charge is 2.30. The number of benzene rings is 2. The minimum Gasteiger partial charge on any atom is -0.457 e. The Kier molecular flexibility index (Phi) is 3.88. The van der Waals surface area contributed by atoms with Gasteiger partial charge in [0.25, 0.3) is 0 Å². The summed E-state index contributed by atoms with van der Waals surface area (Å²) >= 11 is 0. The van der Waals surface area contributed by atoms with E-state index in [2.05, 4.69) is 0 Å². The van der Waals surface area contributed by atoms with Crippen molar-refractivity contribution < 1.29 is 22.7 Å². The Morgan fingerprint density at radius 2 is 1.62 bits per heavy atom. The van der Waals surface area contributed by atoms with Crippen molar-refractivity contribution in [1.82, 2.24) is 0 Å². The summed E-state index contributed by atoms with van der Waals surface area (Å²) in [6.07, 6.45) is -4.39. The molecule has 0 aliphatic heterocycles. The molecule has 3 nitrogen and oxygen atoms in total. The van der Waals surface area contributed by atoms with E-state index in [1.807, 2.05) is 0 Å². The molecule has 0 amide bonds. The number of alkyl halides is 3. The third-order valence-electron chi connectivity index (χ3n) is 2.82. The number of hydrogen-bond acceptors (Lipinski definition) is 3. The largest absolute Gasteiger partial charge is 0.457 e. The highest BCUT2D eigenvalue weighted by Crippen LogP contribution is 2.31. The van der Waals surface area contributed by atoms with Gasteiger partial charge >= 0.3 is 6.18 Å². The van der Waals surface area contributed by atoms with Gasteiger partial charge < -0.3 is 10.5 Å². The van der Waals surface area contributed by atoms with Crippen LogP contribution in [0.15, 0.2) is 42.5 Å². The van der Waals surface area contributed by atoms with Gasteiger partial charge in [0, 0.05) is 11.3 Å². The van der Waals surface area contributed by atoms with E-state index in [9.17, 15) is 18.0 Å². The van der Waals surface area contributed by atoms with Crippen LogP contribution in [0.4, 0.5) is 18.9 Å². The van der Waals surface area contributed by atoms with Crippen LogP contribution in [-0.2, 0) is 6.18 Å². The molecule has 0 aliphatic rings. The lowest BCUT2D eigenvalue weighted by Crippen LogP contribution is -2.04. The number of hydrogen-bond donors (Lipinski definition) is 1. The van der Waals surface area contributed by atoms with E-state index >= 15 is 0 Å². The number of anilines is 1. The van der Waals surface area contributed by atoms with E-state index < -0.39 is 11.7 Å². The molecule has 0 unspecified atom stereocenters. The van der Waals surface area contributed by atoms with Gasteiger partial charge in [-0.25, -0.2) is 0 Å². The van der Waals surface area contributed by atoms with Crippen LogP contribution in [-0.4, -0.2) is 5.78 Å². The maximum absolute atomic E-state index is 12.4. The van der Waals surface area contributed by atoms with Gasteiger partial charge in [-0.1, -0.05) is 0 Å². The highest BCUT2D eigenvalue weighted by atomic mass is 19.4. The van der Waals surface area contributed by atoms with Crippen molar-refractivity contribution in [1.29, 1.82) is 0 Å². The van der Waals surface area contributed by atoms with Crippen molar-refractivity contribution >= 4 is 11.5 Å². The lowest BCUT2D eigenvalue weighted by atomic mass is 10.1. The molecule has 2 aromatic rings. The van der Waals surface area contributed by atoms with E-state index in [1.165, 1.54) is 31.2 Å². The zero-order chi connectivity index (χ0) is 15.6. The topological polar surface area (TPSA) is 52.3 Å². The van der Waals surface area contributed by atoms with E-state index in [4.69, 9.17) is 10.5 Å². The van der Waals surface area contributed by atoms with E-state index in [1.54, 1.807) is 6.07 Å². The number of Topliss-reactive ketones (excluding diaryl/α,β-unsaturated/α-hetero) is 1. The van der Waals surface area contributed by atoms with Crippen LogP contribution >= 0.6 is 0 Å². The van der Waals surface area contributed by atoms with Crippen molar-refractivity contribution in [2.24, 2.45) is 0 Å². The first kappa shape index (κ1) is 14.9. The average Bonchev–Trinajstić information content (AvgIpc) is 2.40. The summed E-state index contributed by atoms with van der Waals surface area (Å²) in [5, 5.41) is 0. The standard InChI is InChI=1S/C15H12F3NO2/c1-9(20)13-8-12(6-7-14(13)19)21-11-4-2-10(3-5-11)15(16,17)18/h2-8H,19H2,1H3. The summed E-state index contributed by atoms with van der Waals surface area (Å²) in [5.41, 5.74) is 5.52. The lowest BCUT2D eigenvalue weighted by molar-refractivity contribution is -0.137. The normalized spacial score (nSPS) is 11.2. The third kappa shape index (κ3) is 3.53. The number of nitrogen functional groups attached to an aromatic ring is 1. The summed E-state index contributed by atoms with van der Waals surface area (Å²) < 4.78 is 42.7. The maximum atomic E-state index is 12.4. The Morgan fingerprint density at radius 1 is 1.05 bits per heavy atom. The number of ether oxygens (including phenoxy) is 1. The Balaban J connectivity index is 2.22. The van der Waals surface area contributed by atoms with Crippen LogP contribution in [0, 0.1) is 0 Å². The molecule has 2 aromatic carbocycles. The molecule has 110 valence electrons. The van der Waals surface area contributed by atoms with E-state index in [-0.39, 0.29) is 11.5 Å². The average molecular weight is 295 g/mol. The smallest absolute Gasteiger partial charge is 0.416 e. The van der Waals surface area contributed by atoms with Crippen LogP contribution in [0.3, 0.4) is 0 Å². The number of nitrogens with two attached hydrogens (primary N) is 1. The second-order valence-electron chi connectivity index (χ2n) is 4.43. The van der Waals surface area contributed by atoms with Gasteiger partial charge in [-0.15, -0.1) is 0 Å². The molecule has 0 aliphatic carbocycles. The fourth-order valence-electron chi connectivity index (χ4n) is 1.75. The maximum Gasteiger partial charge on any atom is 0.416 e. The fraction of sp³-hybridized carbons (Fsp3) is 0.133. The second-order valence-corrected chi connectivity index (χ2v) is 4.43. The van der Waals surface area contributed by atoms with Gasteiger partial charge in [-0.05, 0) is 49.4 Å². The van der Waals surface area contributed by atoms with E-state index in [0.29, 0.717) is 17.0 Å². The van der Waals surface area contributed by atoms with E-state index in [0.717, 1.165) is 12.1 Å². The number of carbonyl (C=O) groups excluding carboxylic acids is 1. The number of halogens is 3. The highest BCUT2D eigenvalue weighted by molar-refractivity contribution is 5.99. The zero-order valence-corrected chi connectivity index (χ0v) is 11.1. The summed E-state index contributed by atoms with van der Waals surface area (Å²) in [4.78, 5) is 11.4. The van der Waals surface area contributed by atoms with Crippen molar-refractivity contribution in [2.75, 3.05) is 5.73 Å². The molecule has 2 N–H and O–H groups in total. The van der Waals surface area contributed by atoms with Gasteiger partial charge in [0.2, 0.25) is 0 Å². The Morgan fingerprint density at radius 3 is 2.14 bits per heavy atom. The monoisotopic (exact) mass is 295 g/mol. The summed E-state index contributed by atoms with van der Waals surface area (Å²) in [6.45, 7) is 1.37. The Hall–Kier alpha value is -2.50. The van der Waals surface area contributed by atoms with Crippen molar-refractivity contribution in [3.8, 4) is 11.5 Å². The Labute approximate surface area is 119 Å². The van der Waals surface area contributed by atoms with Gasteiger partial charge in [-0.2, -0.15) is 13.2 Å². The molecule has 0 spiro atoms.